The van der Waals surface area contributed by atoms with E-state index in [-0.39, 0.29) is 5.91 Å². The fourth-order valence-corrected chi connectivity index (χ4v) is 1.92. The predicted octanol–water partition coefficient (Wildman–Crippen LogP) is 1.36. The Morgan fingerprint density at radius 1 is 1.41 bits per heavy atom. The van der Waals surface area contributed by atoms with Crippen molar-refractivity contribution in [2.75, 3.05) is 11.9 Å². The molecule has 1 aliphatic rings. The Morgan fingerprint density at radius 2 is 2.29 bits per heavy atom. The molecule has 2 rings (SSSR count). The molecule has 0 bridgehead atoms. The molecule has 0 unspecified atom stereocenters. The highest BCUT2D eigenvalue weighted by molar-refractivity contribution is 7.64. The molecule has 1 aromatic carbocycles. The van der Waals surface area contributed by atoms with Crippen molar-refractivity contribution in [3.8, 4) is 5.75 Å². The van der Waals surface area contributed by atoms with E-state index in [1.54, 1.807) is 5.37 Å². The van der Waals surface area contributed by atoms with Gasteiger partial charge in [-0.1, -0.05) is 0 Å². The summed E-state index contributed by atoms with van der Waals surface area (Å²) in [5.74, 6) is 0.845. The van der Waals surface area contributed by atoms with Crippen LogP contribution < -0.4 is 10.1 Å². The van der Waals surface area contributed by atoms with Crippen molar-refractivity contribution < 1.29 is 13.7 Å². The van der Waals surface area contributed by atoms with Crippen molar-refractivity contribution in [3.05, 3.63) is 23.8 Å². The average Bonchev–Trinajstić information content (AvgIpc) is 2.35. The van der Waals surface area contributed by atoms with Gasteiger partial charge < -0.3 is 10.1 Å². The SMILES string of the molecule is O=S=CCCOc1ccc2c(c1)CCC(=O)N2. The highest BCUT2D eigenvalue weighted by atomic mass is 32.1. The molecule has 0 saturated carbocycles. The fourth-order valence-electron chi connectivity index (χ4n) is 1.72. The monoisotopic (exact) mass is 251 g/mol. The molecule has 5 heteroatoms. The number of rotatable bonds is 4. The highest BCUT2D eigenvalue weighted by Crippen LogP contribution is 2.26. The molecule has 0 spiro atoms. The molecular weight excluding hydrogens is 238 g/mol. The molecule has 1 heterocycles. The molecule has 1 aromatic rings. The van der Waals surface area contributed by atoms with Crippen LogP contribution in [0.25, 0.3) is 0 Å². The number of carbonyl (C=O) groups excluding carboxylic acids is 1. The van der Waals surface area contributed by atoms with Crippen LogP contribution >= 0.6 is 0 Å². The molecular formula is C12H13NO3S. The first-order valence-corrected chi connectivity index (χ1v) is 6.26. The zero-order valence-corrected chi connectivity index (χ0v) is 10.1. The molecule has 4 nitrogen and oxygen atoms in total. The summed E-state index contributed by atoms with van der Waals surface area (Å²) in [5, 5.41) is 4.39. The quantitative estimate of drug-likeness (QED) is 0.649. The van der Waals surface area contributed by atoms with Crippen LogP contribution in [0.1, 0.15) is 18.4 Å². The third-order valence-electron chi connectivity index (χ3n) is 2.54. The number of hydrogen-bond acceptors (Lipinski definition) is 3. The maximum absolute atomic E-state index is 11.2. The predicted molar refractivity (Wildman–Crippen MR) is 67.7 cm³/mol. The molecule has 1 amide bonds. The Hall–Kier alpha value is -1.62. The van der Waals surface area contributed by atoms with E-state index >= 15 is 0 Å². The summed E-state index contributed by atoms with van der Waals surface area (Å²) in [5.41, 5.74) is 1.97. The Balaban J connectivity index is 2.01. The number of fused-ring (bicyclic) bond motifs is 1. The minimum absolute atomic E-state index is 0.0632. The van der Waals surface area contributed by atoms with Gasteiger partial charge in [0.1, 0.15) is 5.75 Å². The third kappa shape index (κ3) is 3.17. The van der Waals surface area contributed by atoms with Crippen molar-refractivity contribution in [1.82, 2.24) is 0 Å². The smallest absolute Gasteiger partial charge is 0.224 e. The number of anilines is 1. The minimum atomic E-state index is 0.0632. The van der Waals surface area contributed by atoms with E-state index in [1.807, 2.05) is 18.2 Å². The molecule has 90 valence electrons. The molecule has 0 aromatic heterocycles. The van der Waals surface area contributed by atoms with Gasteiger partial charge in [-0.15, -0.1) is 0 Å². The maximum Gasteiger partial charge on any atom is 0.224 e. The topological polar surface area (TPSA) is 55.4 Å². The van der Waals surface area contributed by atoms with Crippen molar-refractivity contribution in [2.45, 2.75) is 19.3 Å². The van der Waals surface area contributed by atoms with E-state index in [0.717, 1.165) is 23.4 Å². The summed E-state index contributed by atoms with van der Waals surface area (Å²) in [6.45, 7) is 0.500. The van der Waals surface area contributed by atoms with E-state index in [4.69, 9.17) is 4.74 Å². The average molecular weight is 251 g/mol. The first-order chi connectivity index (χ1) is 8.29. The first kappa shape index (κ1) is 11.9. The maximum atomic E-state index is 11.2. The van der Waals surface area contributed by atoms with Gasteiger partial charge in [-0.2, -0.15) is 0 Å². The van der Waals surface area contributed by atoms with Crippen LogP contribution in [-0.2, 0) is 22.5 Å². The summed E-state index contributed by atoms with van der Waals surface area (Å²) in [7, 11) is 0. The lowest BCUT2D eigenvalue weighted by Gasteiger charge is -2.17. The fraction of sp³-hybridized carbons (Fsp3) is 0.333. The number of carbonyl (C=O) groups is 1. The van der Waals surface area contributed by atoms with Gasteiger partial charge in [-0.3, -0.25) is 4.79 Å². The zero-order valence-electron chi connectivity index (χ0n) is 9.27. The summed E-state index contributed by atoms with van der Waals surface area (Å²) in [4.78, 5) is 11.2. The van der Waals surface area contributed by atoms with Gasteiger partial charge in [0.2, 0.25) is 5.91 Å². The van der Waals surface area contributed by atoms with E-state index in [2.05, 4.69) is 5.32 Å². The summed E-state index contributed by atoms with van der Waals surface area (Å²) in [6, 6.07) is 5.63. The number of aryl methyl sites for hydroxylation is 1. The lowest BCUT2D eigenvalue weighted by molar-refractivity contribution is -0.116. The molecule has 1 N–H and O–H groups in total. The van der Waals surface area contributed by atoms with Gasteiger partial charge >= 0.3 is 0 Å². The number of amides is 1. The van der Waals surface area contributed by atoms with Crippen molar-refractivity contribution >= 4 is 28.2 Å². The largest absolute Gasteiger partial charge is 0.493 e. The molecule has 0 atom stereocenters. The Bertz CT molecular complexity index is 481. The van der Waals surface area contributed by atoms with E-state index in [9.17, 15) is 9.00 Å². The Morgan fingerprint density at radius 3 is 3.12 bits per heavy atom. The van der Waals surface area contributed by atoms with Crippen LogP contribution in [0, 0.1) is 0 Å². The molecule has 17 heavy (non-hydrogen) atoms. The van der Waals surface area contributed by atoms with E-state index in [0.29, 0.717) is 30.7 Å². The lowest BCUT2D eigenvalue weighted by atomic mass is 10.0. The van der Waals surface area contributed by atoms with Crippen LogP contribution in [0.2, 0.25) is 0 Å². The summed E-state index contributed by atoms with van der Waals surface area (Å²) < 4.78 is 15.6. The first-order valence-electron chi connectivity index (χ1n) is 5.45. The highest BCUT2D eigenvalue weighted by Gasteiger charge is 2.14. The van der Waals surface area contributed by atoms with Gasteiger partial charge in [0.25, 0.3) is 0 Å². The second-order valence-electron chi connectivity index (χ2n) is 3.77. The Kier molecular flexibility index (Phi) is 3.93. The third-order valence-corrected chi connectivity index (χ3v) is 2.92. The van der Waals surface area contributed by atoms with Crippen LogP contribution in [0.4, 0.5) is 5.69 Å². The summed E-state index contributed by atoms with van der Waals surface area (Å²) in [6.07, 6.45) is 1.90. The molecule has 0 fully saturated rings. The number of ether oxygens (including phenoxy) is 1. The lowest BCUT2D eigenvalue weighted by Crippen LogP contribution is -2.18. The van der Waals surface area contributed by atoms with Crippen LogP contribution in [-0.4, -0.2) is 22.1 Å². The number of hydrogen-bond donors (Lipinski definition) is 1. The van der Waals surface area contributed by atoms with E-state index in [1.165, 1.54) is 0 Å². The van der Waals surface area contributed by atoms with Gasteiger partial charge in [-0.25, -0.2) is 4.21 Å². The van der Waals surface area contributed by atoms with Crippen LogP contribution in [0.5, 0.6) is 5.75 Å². The minimum Gasteiger partial charge on any atom is -0.493 e. The van der Waals surface area contributed by atoms with Gasteiger partial charge in [0.15, 0.2) is 0 Å². The normalized spacial score (nSPS) is 13.5. The molecule has 0 radical (unpaired) electrons. The van der Waals surface area contributed by atoms with Gasteiger partial charge in [-0.05, 0) is 30.2 Å². The second-order valence-corrected chi connectivity index (χ2v) is 4.29. The van der Waals surface area contributed by atoms with Crippen molar-refractivity contribution in [3.63, 3.8) is 0 Å². The summed E-state index contributed by atoms with van der Waals surface area (Å²) >= 11 is 0.457. The number of nitrogens with one attached hydrogen (secondary N) is 1. The molecule has 0 aliphatic carbocycles. The van der Waals surface area contributed by atoms with Gasteiger partial charge in [0.05, 0.1) is 17.9 Å². The standard InChI is InChI=1S/C12H13NO3S/c14-12-5-2-9-8-10(3-4-11(9)13-12)16-6-1-7-17-15/h3-4,7-8H,1-2,5-6H2,(H,13,14). The van der Waals surface area contributed by atoms with Crippen molar-refractivity contribution in [2.24, 2.45) is 0 Å². The van der Waals surface area contributed by atoms with Crippen LogP contribution in [0.15, 0.2) is 18.2 Å². The van der Waals surface area contributed by atoms with E-state index < -0.39 is 0 Å². The van der Waals surface area contributed by atoms with Crippen LogP contribution in [0.3, 0.4) is 0 Å². The zero-order chi connectivity index (χ0) is 12.1. The molecule has 1 aliphatic heterocycles. The number of benzene rings is 1. The van der Waals surface area contributed by atoms with Crippen molar-refractivity contribution in [1.29, 1.82) is 0 Å². The Labute approximate surface area is 103 Å². The van der Waals surface area contributed by atoms with Gasteiger partial charge in [0, 0.05) is 23.9 Å². The second kappa shape index (κ2) is 5.63. The molecule has 0 saturated heterocycles.